The van der Waals surface area contributed by atoms with Crippen LogP contribution in [0.25, 0.3) is 0 Å². The maximum atomic E-state index is 8.92. The number of anilines is 3. The topological polar surface area (TPSA) is 61.8 Å². The van der Waals surface area contributed by atoms with Crippen molar-refractivity contribution in [3.05, 3.63) is 50.6 Å². The van der Waals surface area contributed by atoms with Crippen molar-refractivity contribution in [2.24, 2.45) is 0 Å². The number of hydrogen-bond acceptors (Lipinski definition) is 3. The van der Waals surface area contributed by atoms with E-state index in [9.17, 15) is 0 Å². The molecule has 0 bridgehead atoms. The Morgan fingerprint density at radius 2 is 2.00 bits per heavy atom. The molecule has 0 aliphatic carbocycles. The van der Waals surface area contributed by atoms with E-state index in [4.69, 9.17) is 22.6 Å². The molecule has 0 fully saturated rings. The van der Waals surface area contributed by atoms with Gasteiger partial charge in [-0.1, -0.05) is 11.6 Å². The first-order valence-corrected chi connectivity index (χ1v) is 6.57. The minimum absolute atomic E-state index is 0.446. The molecule has 18 heavy (non-hydrogen) atoms. The van der Waals surface area contributed by atoms with Gasteiger partial charge in [-0.05, 0) is 59.0 Å². The van der Waals surface area contributed by atoms with Crippen LogP contribution in [0.2, 0.25) is 5.02 Å². The second-order valence-electron chi connectivity index (χ2n) is 3.66. The lowest BCUT2D eigenvalue weighted by molar-refractivity contribution is 1.47. The van der Waals surface area contributed by atoms with Gasteiger partial charge in [0.15, 0.2) is 0 Å². The van der Waals surface area contributed by atoms with Crippen LogP contribution in [0.15, 0.2) is 36.4 Å². The fourth-order valence-corrected chi connectivity index (χ4v) is 2.14. The first-order valence-electron chi connectivity index (χ1n) is 5.12. The van der Waals surface area contributed by atoms with Gasteiger partial charge in [-0.3, -0.25) is 0 Å². The molecule has 0 aromatic heterocycles. The highest BCUT2D eigenvalue weighted by molar-refractivity contribution is 14.1. The monoisotopic (exact) mass is 369 g/mol. The highest BCUT2D eigenvalue weighted by Gasteiger charge is 2.04. The zero-order valence-corrected chi connectivity index (χ0v) is 12.2. The van der Waals surface area contributed by atoms with E-state index in [1.54, 1.807) is 12.1 Å². The third kappa shape index (κ3) is 2.86. The van der Waals surface area contributed by atoms with E-state index in [-0.39, 0.29) is 0 Å². The summed E-state index contributed by atoms with van der Waals surface area (Å²) in [5.74, 6) is 0. The van der Waals surface area contributed by atoms with Crippen molar-refractivity contribution >= 4 is 51.3 Å². The Balaban J connectivity index is 2.34. The first-order chi connectivity index (χ1) is 8.60. The summed E-state index contributed by atoms with van der Waals surface area (Å²) in [5, 5.41) is 12.7. The lowest BCUT2D eigenvalue weighted by atomic mass is 10.1. The van der Waals surface area contributed by atoms with E-state index in [2.05, 4.69) is 27.9 Å². The van der Waals surface area contributed by atoms with Crippen molar-refractivity contribution in [2.45, 2.75) is 0 Å². The lowest BCUT2D eigenvalue weighted by Crippen LogP contribution is -1.95. The minimum Gasteiger partial charge on any atom is -0.398 e. The Morgan fingerprint density at radius 3 is 2.72 bits per heavy atom. The predicted octanol–water partition coefficient (Wildman–Crippen LogP) is 4.14. The predicted molar refractivity (Wildman–Crippen MR) is 83.0 cm³/mol. The number of nitrogens with zero attached hydrogens (tertiary/aromatic N) is 1. The zero-order chi connectivity index (χ0) is 13.1. The summed E-state index contributed by atoms with van der Waals surface area (Å²) in [6.45, 7) is 0. The molecular weight excluding hydrogens is 361 g/mol. The molecule has 0 saturated heterocycles. The summed E-state index contributed by atoms with van der Waals surface area (Å²) in [4.78, 5) is 0. The molecule has 0 atom stereocenters. The number of nitriles is 1. The van der Waals surface area contributed by atoms with Crippen molar-refractivity contribution in [1.29, 1.82) is 5.26 Å². The fourth-order valence-electron chi connectivity index (χ4n) is 1.48. The van der Waals surface area contributed by atoms with Gasteiger partial charge in [0.2, 0.25) is 0 Å². The van der Waals surface area contributed by atoms with E-state index >= 15 is 0 Å². The maximum absolute atomic E-state index is 8.92. The Bertz CT molecular complexity index is 635. The Hall–Kier alpha value is -1.45. The Labute approximate surface area is 124 Å². The van der Waals surface area contributed by atoms with E-state index in [1.807, 2.05) is 30.3 Å². The average Bonchev–Trinajstić information content (AvgIpc) is 2.36. The van der Waals surface area contributed by atoms with Gasteiger partial charge in [-0.15, -0.1) is 0 Å². The summed E-state index contributed by atoms with van der Waals surface area (Å²) in [7, 11) is 0. The number of nitrogens with one attached hydrogen (secondary N) is 1. The van der Waals surface area contributed by atoms with Crippen molar-refractivity contribution in [1.82, 2.24) is 0 Å². The van der Waals surface area contributed by atoms with Crippen LogP contribution in [0, 0.1) is 14.9 Å². The summed E-state index contributed by atoms with van der Waals surface area (Å²) in [6, 6.07) is 12.9. The van der Waals surface area contributed by atoms with Crippen molar-refractivity contribution < 1.29 is 0 Å². The van der Waals surface area contributed by atoms with Crippen LogP contribution in [-0.4, -0.2) is 0 Å². The molecule has 0 spiro atoms. The molecule has 0 aliphatic heterocycles. The second kappa shape index (κ2) is 5.46. The molecule has 0 unspecified atom stereocenters. The molecule has 5 heteroatoms. The molecular formula is C13H9ClIN3. The van der Waals surface area contributed by atoms with Gasteiger partial charge in [0, 0.05) is 14.9 Å². The van der Waals surface area contributed by atoms with Crippen molar-refractivity contribution in [3.8, 4) is 6.07 Å². The number of benzene rings is 2. The van der Waals surface area contributed by atoms with E-state index < -0.39 is 0 Å². The minimum atomic E-state index is 0.446. The SMILES string of the molecule is N#Cc1cc(Nc2cc(I)ccc2Cl)ccc1N. The van der Waals surface area contributed by atoms with Gasteiger partial charge in [0.1, 0.15) is 6.07 Å². The zero-order valence-electron chi connectivity index (χ0n) is 9.24. The highest BCUT2D eigenvalue weighted by atomic mass is 127. The van der Waals surface area contributed by atoms with Crippen LogP contribution < -0.4 is 11.1 Å². The second-order valence-corrected chi connectivity index (χ2v) is 5.32. The number of rotatable bonds is 2. The smallest absolute Gasteiger partial charge is 0.101 e. The van der Waals surface area contributed by atoms with Crippen molar-refractivity contribution in [2.75, 3.05) is 11.1 Å². The fraction of sp³-hybridized carbons (Fsp3) is 0. The van der Waals surface area contributed by atoms with Crippen molar-refractivity contribution in [3.63, 3.8) is 0 Å². The number of halogens is 2. The van der Waals surface area contributed by atoms with E-state index in [0.717, 1.165) is 14.9 Å². The number of nitrogens with two attached hydrogens (primary N) is 1. The lowest BCUT2D eigenvalue weighted by Gasteiger charge is -2.10. The van der Waals surface area contributed by atoms with E-state index in [0.29, 0.717) is 16.3 Å². The van der Waals surface area contributed by atoms with Crippen LogP contribution in [0.1, 0.15) is 5.56 Å². The summed E-state index contributed by atoms with van der Waals surface area (Å²) in [6.07, 6.45) is 0. The molecule has 2 aromatic carbocycles. The summed E-state index contributed by atoms with van der Waals surface area (Å²) >= 11 is 8.31. The summed E-state index contributed by atoms with van der Waals surface area (Å²) in [5.41, 5.74) is 8.17. The normalized spacial score (nSPS) is 9.83. The van der Waals surface area contributed by atoms with Gasteiger partial charge >= 0.3 is 0 Å². The van der Waals surface area contributed by atoms with Gasteiger partial charge < -0.3 is 11.1 Å². The third-order valence-electron chi connectivity index (χ3n) is 2.38. The van der Waals surface area contributed by atoms with Gasteiger partial charge in [0.05, 0.1) is 16.3 Å². The highest BCUT2D eigenvalue weighted by Crippen LogP contribution is 2.28. The van der Waals surface area contributed by atoms with E-state index in [1.165, 1.54) is 0 Å². The molecule has 90 valence electrons. The van der Waals surface area contributed by atoms with Crippen LogP contribution >= 0.6 is 34.2 Å². The molecule has 2 aromatic rings. The first kappa shape index (κ1) is 13.0. The van der Waals surface area contributed by atoms with Crippen LogP contribution in [0.5, 0.6) is 0 Å². The largest absolute Gasteiger partial charge is 0.398 e. The number of nitrogen functional groups attached to an aromatic ring is 1. The molecule has 0 heterocycles. The summed E-state index contributed by atoms with van der Waals surface area (Å²) < 4.78 is 1.08. The molecule has 0 amide bonds. The maximum Gasteiger partial charge on any atom is 0.101 e. The van der Waals surface area contributed by atoms with Gasteiger partial charge in [-0.2, -0.15) is 5.26 Å². The van der Waals surface area contributed by atoms with Gasteiger partial charge in [-0.25, -0.2) is 0 Å². The molecule has 3 N–H and O–H groups in total. The Kier molecular flexibility index (Phi) is 3.94. The average molecular weight is 370 g/mol. The standard InChI is InChI=1S/C13H9ClIN3/c14-11-3-1-9(15)6-13(11)18-10-2-4-12(17)8(5-10)7-16/h1-6,18H,17H2. The van der Waals surface area contributed by atoms with Crippen LogP contribution in [0.3, 0.4) is 0 Å². The van der Waals surface area contributed by atoms with Crippen LogP contribution in [-0.2, 0) is 0 Å². The molecule has 0 radical (unpaired) electrons. The van der Waals surface area contributed by atoms with Gasteiger partial charge in [0.25, 0.3) is 0 Å². The molecule has 3 nitrogen and oxygen atoms in total. The number of hydrogen-bond donors (Lipinski definition) is 2. The van der Waals surface area contributed by atoms with Crippen LogP contribution in [0.4, 0.5) is 17.1 Å². The molecule has 0 aliphatic rings. The molecule has 2 rings (SSSR count). The third-order valence-corrected chi connectivity index (χ3v) is 3.38. The quantitative estimate of drug-likeness (QED) is 0.618. The Morgan fingerprint density at radius 1 is 1.22 bits per heavy atom. The molecule has 0 saturated carbocycles.